The van der Waals surface area contributed by atoms with Crippen LogP contribution in [0.25, 0.3) is 0 Å². The van der Waals surface area contributed by atoms with Crippen LogP contribution in [0.3, 0.4) is 0 Å². The molecule has 0 saturated heterocycles. The summed E-state index contributed by atoms with van der Waals surface area (Å²) in [5, 5.41) is 0. The highest BCUT2D eigenvalue weighted by molar-refractivity contribution is 7.08. The lowest BCUT2D eigenvalue weighted by atomic mass is 10.2. The Bertz CT molecular complexity index is 505. The third kappa shape index (κ3) is 2.38. The zero-order chi connectivity index (χ0) is 11.5. The minimum absolute atomic E-state index is 0.334. The van der Waals surface area contributed by atoms with Crippen LogP contribution in [0.15, 0.2) is 30.3 Å². The topological polar surface area (TPSA) is 65.2 Å². The van der Waals surface area contributed by atoms with Gasteiger partial charge in [-0.25, -0.2) is 4.79 Å². The molecule has 1 aromatic carbocycles. The van der Waals surface area contributed by atoms with Gasteiger partial charge in [-0.15, -0.1) is 0 Å². The number of nitrogen functional groups attached to an aromatic ring is 1. The summed E-state index contributed by atoms with van der Waals surface area (Å²) in [6, 6.07) is 8.75. The second kappa shape index (κ2) is 4.32. The number of hydrogen-bond acceptors (Lipinski definition) is 5. The predicted octanol–water partition coefficient (Wildman–Crippen LogP) is 2.25. The van der Waals surface area contributed by atoms with E-state index in [1.165, 1.54) is 6.07 Å². The number of anilines is 1. The SMILES string of the molecule is Cc1ccc(OC(=O)c2cc(N)ns2)cc1. The van der Waals surface area contributed by atoms with E-state index in [0.29, 0.717) is 16.4 Å². The number of esters is 1. The van der Waals surface area contributed by atoms with E-state index in [1.807, 2.05) is 19.1 Å². The lowest BCUT2D eigenvalue weighted by Crippen LogP contribution is -2.06. The zero-order valence-corrected chi connectivity index (χ0v) is 9.45. The van der Waals surface area contributed by atoms with Gasteiger partial charge in [-0.1, -0.05) is 17.7 Å². The Morgan fingerprint density at radius 2 is 2.06 bits per heavy atom. The predicted molar refractivity (Wildman–Crippen MR) is 62.7 cm³/mol. The highest BCUT2D eigenvalue weighted by Crippen LogP contribution is 2.17. The molecule has 16 heavy (non-hydrogen) atoms. The molecule has 1 heterocycles. The summed E-state index contributed by atoms with van der Waals surface area (Å²) in [6.07, 6.45) is 0. The Morgan fingerprint density at radius 1 is 1.38 bits per heavy atom. The Morgan fingerprint density at radius 3 is 2.62 bits per heavy atom. The smallest absolute Gasteiger partial charge is 0.355 e. The van der Waals surface area contributed by atoms with Gasteiger partial charge in [0, 0.05) is 6.07 Å². The van der Waals surface area contributed by atoms with Crippen molar-refractivity contribution in [3.8, 4) is 5.75 Å². The van der Waals surface area contributed by atoms with Gasteiger partial charge in [0.15, 0.2) is 0 Å². The molecule has 0 radical (unpaired) electrons. The van der Waals surface area contributed by atoms with Gasteiger partial charge in [-0.2, -0.15) is 4.37 Å². The first-order valence-corrected chi connectivity index (χ1v) is 5.43. The van der Waals surface area contributed by atoms with Crippen LogP contribution in [-0.2, 0) is 0 Å². The van der Waals surface area contributed by atoms with Crippen LogP contribution >= 0.6 is 11.5 Å². The van der Waals surface area contributed by atoms with E-state index in [0.717, 1.165) is 17.1 Å². The fourth-order valence-electron chi connectivity index (χ4n) is 1.15. The van der Waals surface area contributed by atoms with Crippen molar-refractivity contribution < 1.29 is 9.53 Å². The number of aromatic nitrogens is 1. The maximum atomic E-state index is 11.6. The highest BCUT2D eigenvalue weighted by atomic mass is 32.1. The van der Waals surface area contributed by atoms with Crippen molar-refractivity contribution in [3.05, 3.63) is 40.8 Å². The fourth-order valence-corrected chi connectivity index (χ4v) is 1.69. The van der Waals surface area contributed by atoms with Crippen molar-refractivity contribution in [2.45, 2.75) is 6.92 Å². The molecular formula is C11H10N2O2S. The molecule has 0 atom stereocenters. The van der Waals surface area contributed by atoms with E-state index in [1.54, 1.807) is 12.1 Å². The van der Waals surface area contributed by atoms with Crippen molar-refractivity contribution in [2.24, 2.45) is 0 Å². The van der Waals surface area contributed by atoms with E-state index >= 15 is 0 Å². The van der Waals surface area contributed by atoms with Crippen LogP contribution in [0.2, 0.25) is 0 Å². The lowest BCUT2D eigenvalue weighted by molar-refractivity contribution is 0.0740. The number of aryl methyl sites for hydroxylation is 1. The van der Waals surface area contributed by atoms with E-state index in [-0.39, 0.29) is 0 Å². The number of ether oxygens (including phenoxy) is 1. The number of carbonyl (C=O) groups excluding carboxylic acids is 1. The average molecular weight is 234 g/mol. The molecule has 0 unspecified atom stereocenters. The summed E-state index contributed by atoms with van der Waals surface area (Å²) in [6.45, 7) is 1.97. The van der Waals surface area contributed by atoms with Crippen LogP contribution in [0.1, 0.15) is 15.2 Å². The van der Waals surface area contributed by atoms with Crippen molar-refractivity contribution >= 4 is 23.3 Å². The maximum Gasteiger partial charge on any atom is 0.355 e. The Hall–Kier alpha value is -1.88. The van der Waals surface area contributed by atoms with Crippen LogP contribution in [0.5, 0.6) is 5.75 Å². The molecule has 0 spiro atoms. The zero-order valence-electron chi connectivity index (χ0n) is 8.64. The summed E-state index contributed by atoms with van der Waals surface area (Å²) in [5.74, 6) is 0.418. The van der Waals surface area contributed by atoms with Crippen molar-refractivity contribution in [3.63, 3.8) is 0 Å². The van der Waals surface area contributed by atoms with Gasteiger partial charge < -0.3 is 10.5 Å². The van der Waals surface area contributed by atoms with Crippen LogP contribution in [0.4, 0.5) is 5.82 Å². The van der Waals surface area contributed by atoms with Gasteiger partial charge >= 0.3 is 5.97 Å². The monoisotopic (exact) mass is 234 g/mol. The number of nitrogens with zero attached hydrogens (tertiary/aromatic N) is 1. The maximum absolute atomic E-state index is 11.6. The van der Waals surface area contributed by atoms with Gasteiger partial charge in [-0.05, 0) is 30.6 Å². The molecule has 2 N–H and O–H groups in total. The van der Waals surface area contributed by atoms with Gasteiger partial charge in [0.05, 0.1) is 0 Å². The van der Waals surface area contributed by atoms with Gasteiger partial charge in [0.1, 0.15) is 16.4 Å². The second-order valence-electron chi connectivity index (χ2n) is 3.32. The molecule has 0 saturated carbocycles. The first kappa shape index (κ1) is 10.6. The molecule has 1 aromatic heterocycles. The van der Waals surface area contributed by atoms with E-state index < -0.39 is 5.97 Å². The molecule has 0 bridgehead atoms. The van der Waals surface area contributed by atoms with Crippen LogP contribution in [-0.4, -0.2) is 10.3 Å². The molecule has 4 nitrogen and oxygen atoms in total. The number of hydrogen-bond donors (Lipinski definition) is 1. The minimum atomic E-state index is -0.432. The van der Waals surface area contributed by atoms with Crippen LogP contribution < -0.4 is 10.5 Å². The normalized spacial score (nSPS) is 10.1. The quantitative estimate of drug-likeness (QED) is 0.639. The molecule has 0 amide bonds. The number of benzene rings is 1. The molecule has 0 aliphatic rings. The van der Waals surface area contributed by atoms with E-state index in [2.05, 4.69) is 4.37 Å². The third-order valence-electron chi connectivity index (χ3n) is 1.96. The first-order chi connectivity index (χ1) is 7.65. The van der Waals surface area contributed by atoms with E-state index in [4.69, 9.17) is 10.5 Å². The van der Waals surface area contributed by atoms with Gasteiger partial charge in [0.25, 0.3) is 0 Å². The Labute approximate surface area is 96.8 Å². The molecule has 0 aliphatic heterocycles. The molecule has 5 heteroatoms. The second-order valence-corrected chi connectivity index (χ2v) is 4.12. The van der Waals surface area contributed by atoms with Crippen molar-refractivity contribution in [2.75, 3.05) is 5.73 Å². The highest BCUT2D eigenvalue weighted by Gasteiger charge is 2.11. The Kier molecular flexibility index (Phi) is 2.87. The number of nitrogens with two attached hydrogens (primary N) is 1. The van der Waals surface area contributed by atoms with Crippen molar-refractivity contribution in [1.29, 1.82) is 0 Å². The first-order valence-electron chi connectivity index (χ1n) is 4.66. The summed E-state index contributed by atoms with van der Waals surface area (Å²) in [4.78, 5) is 12.0. The number of rotatable bonds is 2. The molecule has 0 aliphatic carbocycles. The minimum Gasteiger partial charge on any atom is -0.422 e. The molecule has 82 valence electrons. The molecule has 2 aromatic rings. The van der Waals surface area contributed by atoms with Crippen molar-refractivity contribution in [1.82, 2.24) is 4.37 Å². The molecular weight excluding hydrogens is 224 g/mol. The van der Waals surface area contributed by atoms with Crippen LogP contribution in [0, 0.1) is 6.92 Å². The average Bonchev–Trinajstić information content (AvgIpc) is 2.68. The third-order valence-corrected chi connectivity index (χ3v) is 2.74. The lowest BCUT2D eigenvalue weighted by Gasteiger charge is -2.01. The summed E-state index contributed by atoms with van der Waals surface area (Å²) in [7, 11) is 0. The summed E-state index contributed by atoms with van der Waals surface area (Å²) < 4.78 is 8.96. The fraction of sp³-hybridized carbons (Fsp3) is 0.0909. The van der Waals surface area contributed by atoms with Gasteiger partial charge in [-0.3, -0.25) is 0 Å². The summed E-state index contributed by atoms with van der Waals surface area (Å²) in [5.41, 5.74) is 6.53. The molecule has 0 fully saturated rings. The largest absolute Gasteiger partial charge is 0.422 e. The Balaban J connectivity index is 2.10. The van der Waals surface area contributed by atoms with Gasteiger partial charge in [0.2, 0.25) is 0 Å². The molecule has 2 rings (SSSR count). The van der Waals surface area contributed by atoms with E-state index in [9.17, 15) is 4.79 Å². The standard InChI is InChI=1S/C11H10N2O2S/c1-7-2-4-8(5-3-7)15-11(14)9-6-10(12)13-16-9/h2-6H,1H3,(H2,12,13). The number of carbonyl (C=O) groups is 1. The summed E-state index contributed by atoms with van der Waals surface area (Å²) >= 11 is 1.03.